The number of halogens is 3. The van der Waals surface area contributed by atoms with E-state index >= 15 is 0 Å². The molecule has 24 heavy (non-hydrogen) atoms. The first-order valence-corrected chi connectivity index (χ1v) is 7.91. The third kappa shape index (κ3) is 4.69. The van der Waals surface area contributed by atoms with Gasteiger partial charge in [-0.3, -0.25) is 9.59 Å². The minimum absolute atomic E-state index is 0.204. The largest absolute Gasteiger partial charge is 0.350 e. The number of amides is 2. The molecule has 0 bridgehead atoms. The summed E-state index contributed by atoms with van der Waals surface area (Å²) in [5, 5.41) is 3.34. The van der Waals surface area contributed by atoms with Gasteiger partial charge in [-0.05, 0) is 36.4 Å². The van der Waals surface area contributed by atoms with Crippen molar-refractivity contribution in [2.24, 2.45) is 0 Å². The Kier molecular flexibility index (Phi) is 6.17. The Labute approximate surface area is 149 Å². The molecule has 7 heteroatoms. The number of carbonyl (C=O) groups is 2. The van der Waals surface area contributed by atoms with Crippen LogP contribution in [-0.4, -0.2) is 24.9 Å². The first kappa shape index (κ1) is 18.2. The number of benzene rings is 2. The number of carbonyl (C=O) groups excluding carboxylic acids is 2. The minimum Gasteiger partial charge on any atom is -0.350 e. The molecule has 126 valence electrons. The lowest BCUT2D eigenvalue weighted by Crippen LogP contribution is -2.37. The van der Waals surface area contributed by atoms with Gasteiger partial charge in [-0.15, -0.1) is 0 Å². The average Bonchev–Trinajstić information content (AvgIpc) is 2.53. The van der Waals surface area contributed by atoms with Crippen LogP contribution in [0.2, 0.25) is 10.0 Å². The van der Waals surface area contributed by atoms with Crippen LogP contribution in [0.5, 0.6) is 0 Å². The molecule has 1 N–H and O–H groups in total. The SMILES string of the molecule is CC(=O)N(CCNC(=O)c1ccc(Cl)c(Cl)c1)c1cccc(F)c1. The Bertz CT molecular complexity index is 768. The predicted molar refractivity (Wildman–Crippen MR) is 93.2 cm³/mol. The standard InChI is InChI=1S/C17H15Cl2FN2O2/c1-11(23)22(14-4-2-3-13(20)10-14)8-7-21-17(24)12-5-6-15(18)16(19)9-12/h2-6,9-10H,7-8H2,1H3,(H,21,24). The van der Waals surface area contributed by atoms with Gasteiger partial charge < -0.3 is 10.2 Å². The van der Waals surface area contributed by atoms with Crippen LogP contribution < -0.4 is 10.2 Å². The fraction of sp³-hybridized carbons (Fsp3) is 0.176. The van der Waals surface area contributed by atoms with Gasteiger partial charge in [-0.25, -0.2) is 4.39 Å². The Morgan fingerprint density at radius 2 is 1.88 bits per heavy atom. The van der Waals surface area contributed by atoms with Crippen molar-refractivity contribution in [1.29, 1.82) is 0 Å². The van der Waals surface area contributed by atoms with Crippen molar-refractivity contribution in [3.05, 3.63) is 63.9 Å². The van der Waals surface area contributed by atoms with E-state index < -0.39 is 5.82 Å². The van der Waals surface area contributed by atoms with Gasteiger partial charge in [0.05, 0.1) is 10.0 Å². The molecule has 0 saturated carbocycles. The molecule has 0 aliphatic rings. The Balaban J connectivity index is 1.99. The molecule has 2 amide bonds. The number of nitrogens with zero attached hydrogens (tertiary/aromatic N) is 1. The molecule has 0 atom stereocenters. The summed E-state index contributed by atoms with van der Waals surface area (Å²) in [6.07, 6.45) is 0. The number of nitrogens with one attached hydrogen (secondary N) is 1. The summed E-state index contributed by atoms with van der Waals surface area (Å²) >= 11 is 11.7. The molecular formula is C17H15Cl2FN2O2. The third-order valence-electron chi connectivity index (χ3n) is 3.30. The van der Waals surface area contributed by atoms with E-state index in [0.29, 0.717) is 16.3 Å². The second-order valence-corrected chi connectivity index (χ2v) is 5.85. The fourth-order valence-corrected chi connectivity index (χ4v) is 2.43. The molecule has 0 aliphatic heterocycles. The first-order chi connectivity index (χ1) is 11.4. The zero-order valence-corrected chi connectivity index (χ0v) is 14.4. The molecule has 0 radical (unpaired) electrons. The van der Waals surface area contributed by atoms with E-state index in [4.69, 9.17) is 23.2 Å². The van der Waals surface area contributed by atoms with E-state index in [9.17, 15) is 14.0 Å². The van der Waals surface area contributed by atoms with Crippen LogP contribution in [-0.2, 0) is 4.79 Å². The highest BCUT2D eigenvalue weighted by Crippen LogP contribution is 2.22. The van der Waals surface area contributed by atoms with Crippen molar-refractivity contribution in [2.75, 3.05) is 18.0 Å². The zero-order chi connectivity index (χ0) is 17.7. The maximum atomic E-state index is 13.3. The minimum atomic E-state index is -0.432. The monoisotopic (exact) mass is 368 g/mol. The lowest BCUT2D eigenvalue weighted by atomic mass is 10.2. The van der Waals surface area contributed by atoms with Crippen LogP contribution in [0.4, 0.5) is 10.1 Å². The smallest absolute Gasteiger partial charge is 0.251 e. The van der Waals surface area contributed by atoms with Crippen molar-refractivity contribution in [1.82, 2.24) is 5.32 Å². The molecule has 2 aromatic rings. The molecule has 4 nitrogen and oxygen atoms in total. The van der Waals surface area contributed by atoms with Crippen molar-refractivity contribution >= 4 is 40.7 Å². The topological polar surface area (TPSA) is 49.4 Å². The first-order valence-electron chi connectivity index (χ1n) is 7.15. The fourth-order valence-electron chi connectivity index (χ4n) is 2.13. The van der Waals surface area contributed by atoms with E-state index in [1.165, 1.54) is 42.2 Å². The third-order valence-corrected chi connectivity index (χ3v) is 4.04. The van der Waals surface area contributed by atoms with E-state index in [1.807, 2.05) is 0 Å². The molecule has 2 rings (SSSR count). The summed E-state index contributed by atoms with van der Waals surface area (Å²) in [6.45, 7) is 1.80. The Morgan fingerprint density at radius 1 is 1.12 bits per heavy atom. The van der Waals surface area contributed by atoms with E-state index in [-0.39, 0.29) is 29.9 Å². The predicted octanol–water partition coefficient (Wildman–Crippen LogP) is 3.92. The number of hydrogen-bond acceptors (Lipinski definition) is 2. The molecule has 0 fully saturated rings. The average molecular weight is 369 g/mol. The Hall–Kier alpha value is -2.11. The van der Waals surface area contributed by atoms with Gasteiger partial charge in [0, 0.05) is 31.3 Å². The van der Waals surface area contributed by atoms with Crippen LogP contribution in [0.15, 0.2) is 42.5 Å². The van der Waals surface area contributed by atoms with E-state index in [2.05, 4.69) is 5.32 Å². The number of anilines is 1. The highest BCUT2D eigenvalue weighted by atomic mass is 35.5. The Morgan fingerprint density at radius 3 is 2.50 bits per heavy atom. The van der Waals surface area contributed by atoms with Crippen LogP contribution in [0.1, 0.15) is 17.3 Å². The van der Waals surface area contributed by atoms with Gasteiger partial charge in [-0.2, -0.15) is 0 Å². The summed E-state index contributed by atoms with van der Waals surface area (Å²) in [5.41, 5.74) is 0.802. The lowest BCUT2D eigenvalue weighted by Gasteiger charge is -2.21. The van der Waals surface area contributed by atoms with Gasteiger partial charge in [0.15, 0.2) is 0 Å². The maximum Gasteiger partial charge on any atom is 0.251 e. The summed E-state index contributed by atoms with van der Waals surface area (Å²) in [5.74, 6) is -1.01. The second-order valence-electron chi connectivity index (χ2n) is 5.04. The van der Waals surface area contributed by atoms with Crippen LogP contribution in [0.25, 0.3) is 0 Å². The molecule has 0 aliphatic carbocycles. The molecule has 0 aromatic heterocycles. The molecule has 2 aromatic carbocycles. The van der Waals surface area contributed by atoms with Crippen molar-refractivity contribution in [3.8, 4) is 0 Å². The van der Waals surface area contributed by atoms with Crippen molar-refractivity contribution in [3.63, 3.8) is 0 Å². The van der Waals surface area contributed by atoms with Gasteiger partial charge >= 0.3 is 0 Å². The molecular weight excluding hydrogens is 354 g/mol. The van der Waals surface area contributed by atoms with Gasteiger partial charge in [-0.1, -0.05) is 29.3 Å². The summed E-state index contributed by atoms with van der Waals surface area (Å²) in [7, 11) is 0. The zero-order valence-electron chi connectivity index (χ0n) is 12.9. The van der Waals surface area contributed by atoms with Crippen LogP contribution in [0.3, 0.4) is 0 Å². The molecule has 0 heterocycles. The summed E-state index contributed by atoms with van der Waals surface area (Å²) in [6, 6.07) is 10.3. The normalized spacial score (nSPS) is 10.3. The van der Waals surface area contributed by atoms with Crippen LogP contribution in [0, 0.1) is 5.82 Å². The lowest BCUT2D eigenvalue weighted by molar-refractivity contribution is -0.116. The highest BCUT2D eigenvalue weighted by molar-refractivity contribution is 6.42. The molecule has 0 saturated heterocycles. The maximum absolute atomic E-state index is 13.3. The van der Waals surface area contributed by atoms with Crippen molar-refractivity contribution < 1.29 is 14.0 Å². The van der Waals surface area contributed by atoms with Gasteiger partial charge in [0.1, 0.15) is 5.82 Å². The summed E-state index contributed by atoms with van der Waals surface area (Å²) in [4.78, 5) is 25.2. The van der Waals surface area contributed by atoms with Gasteiger partial charge in [0.2, 0.25) is 5.91 Å². The van der Waals surface area contributed by atoms with Crippen molar-refractivity contribution in [2.45, 2.75) is 6.92 Å². The van der Waals surface area contributed by atoms with E-state index in [1.54, 1.807) is 12.1 Å². The van der Waals surface area contributed by atoms with Crippen LogP contribution >= 0.6 is 23.2 Å². The van der Waals surface area contributed by atoms with E-state index in [0.717, 1.165) is 0 Å². The molecule has 0 spiro atoms. The second kappa shape index (κ2) is 8.13. The molecule has 0 unspecified atom stereocenters. The number of rotatable bonds is 5. The quantitative estimate of drug-likeness (QED) is 0.869. The highest BCUT2D eigenvalue weighted by Gasteiger charge is 2.13. The summed E-state index contributed by atoms with van der Waals surface area (Å²) < 4.78 is 13.3. The van der Waals surface area contributed by atoms with Gasteiger partial charge in [0.25, 0.3) is 5.91 Å². The number of hydrogen-bond donors (Lipinski definition) is 1.